The van der Waals surface area contributed by atoms with Crippen molar-refractivity contribution in [1.29, 1.82) is 0 Å². The van der Waals surface area contributed by atoms with Gasteiger partial charge in [0.1, 0.15) is 0 Å². The second kappa shape index (κ2) is 8.16. The summed E-state index contributed by atoms with van der Waals surface area (Å²) in [4.78, 5) is 14.8. The average molecular weight is 320 g/mol. The van der Waals surface area contributed by atoms with E-state index in [4.69, 9.17) is 4.74 Å². The first-order valence-electron chi connectivity index (χ1n) is 7.17. The molecule has 106 valence electrons. The van der Waals surface area contributed by atoms with Crippen molar-refractivity contribution in [2.75, 3.05) is 18.5 Å². The monoisotopic (exact) mass is 319 g/mol. The fraction of sp³-hybridized carbons (Fsp3) is 0.929. The molecule has 0 aromatic heterocycles. The summed E-state index contributed by atoms with van der Waals surface area (Å²) in [5, 5.41) is 0.847. The molecule has 0 aliphatic carbocycles. The standard InChI is InChI=1S/C14H26BrNO2/c1-4-11(5-2)16(9-8-15)14(17)12-7-10-18-13(12)6-3/h11-13H,4-10H2,1-3H3. The lowest BCUT2D eigenvalue weighted by molar-refractivity contribution is -0.139. The first-order valence-corrected chi connectivity index (χ1v) is 8.29. The highest BCUT2D eigenvalue weighted by Gasteiger charge is 2.36. The molecule has 2 atom stereocenters. The number of amides is 1. The summed E-state index contributed by atoms with van der Waals surface area (Å²) in [5.74, 6) is 0.377. The number of halogens is 1. The van der Waals surface area contributed by atoms with Crippen molar-refractivity contribution in [3.63, 3.8) is 0 Å². The number of rotatable bonds is 7. The van der Waals surface area contributed by atoms with Gasteiger partial charge in [0.05, 0.1) is 12.0 Å². The van der Waals surface area contributed by atoms with E-state index in [1.807, 2.05) is 0 Å². The van der Waals surface area contributed by atoms with Crippen molar-refractivity contribution in [1.82, 2.24) is 4.90 Å². The van der Waals surface area contributed by atoms with Gasteiger partial charge < -0.3 is 9.64 Å². The lowest BCUT2D eigenvalue weighted by Crippen LogP contribution is -2.46. The molecule has 4 heteroatoms. The molecule has 1 fully saturated rings. The molecule has 0 saturated carbocycles. The number of carbonyl (C=O) groups is 1. The smallest absolute Gasteiger partial charge is 0.228 e. The van der Waals surface area contributed by atoms with Crippen LogP contribution in [-0.2, 0) is 9.53 Å². The predicted octanol–water partition coefficient (Wildman–Crippen LogP) is 3.21. The fourth-order valence-electron chi connectivity index (χ4n) is 2.84. The number of hydrogen-bond donors (Lipinski definition) is 0. The summed E-state index contributed by atoms with van der Waals surface area (Å²) in [5.41, 5.74) is 0. The van der Waals surface area contributed by atoms with E-state index in [9.17, 15) is 4.79 Å². The zero-order chi connectivity index (χ0) is 13.5. The van der Waals surface area contributed by atoms with Crippen molar-refractivity contribution in [2.45, 2.75) is 58.6 Å². The van der Waals surface area contributed by atoms with Crippen LogP contribution in [0.25, 0.3) is 0 Å². The van der Waals surface area contributed by atoms with Crippen LogP contribution < -0.4 is 0 Å². The van der Waals surface area contributed by atoms with Crippen LogP contribution >= 0.6 is 15.9 Å². The molecule has 0 N–H and O–H groups in total. The van der Waals surface area contributed by atoms with Gasteiger partial charge in [-0.25, -0.2) is 0 Å². The Bertz CT molecular complexity index is 256. The van der Waals surface area contributed by atoms with Gasteiger partial charge in [0, 0.05) is 24.5 Å². The van der Waals surface area contributed by atoms with E-state index < -0.39 is 0 Å². The summed E-state index contributed by atoms with van der Waals surface area (Å²) in [6.07, 6.45) is 4.00. The third-order valence-corrected chi connectivity index (χ3v) is 4.28. The van der Waals surface area contributed by atoms with Crippen molar-refractivity contribution in [2.24, 2.45) is 5.92 Å². The van der Waals surface area contributed by atoms with Crippen LogP contribution in [0.5, 0.6) is 0 Å². The molecule has 3 nitrogen and oxygen atoms in total. The fourth-order valence-corrected chi connectivity index (χ4v) is 3.22. The number of nitrogens with zero attached hydrogens (tertiary/aromatic N) is 1. The maximum absolute atomic E-state index is 12.7. The van der Waals surface area contributed by atoms with Crippen LogP contribution in [0.1, 0.15) is 46.5 Å². The molecular formula is C14H26BrNO2. The summed E-state index contributed by atoms with van der Waals surface area (Å²) < 4.78 is 5.65. The third-order valence-electron chi connectivity index (χ3n) is 3.92. The lowest BCUT2D eigenvalue weighted by Gasteiger charge is -2.33. The van der Waals surface area contributed by atoms with Gasteiger partial charge in [0.25, 0.3) is 0 Å². The maximum Gasteiger partial charge on any atom is 0.228 e. The van der Waals surface area contributed by atoms with E-state index in [0.29, 0.717) is 11.9 Å². The highest BCUT2D eigenvalue weighted by molar-refractivity contribution is 9.09. The van der Waals surface area contributed by atoms with Gasteiger partial charge in [-0.05, 0) is 25.7 Å². The van der Waals surface area contributed by atoms with Gasteiger partial charge in [-0.2, -0.15) is 0 Å². The molecule has 1 amide bonds. The van der Waals surface area contributed by atoms with Gasteiger partial charge in [-0.15, -0.1) is 0 Å². The lowest BCUT2D eigenvalue weighted by atomic mass is 9.96. The molecule has 0 radical (unpaired) electrons. The number of carbonyl (C=O) groups excluding carboxylic acids is 1. The third kappa shape index (κ3) is 3.70. The van der Waals surface area contributed by atoms with Crippen LogP contribution in [0.4, 0.5) is 0 Å². The van der Waals surface area contributed by atoms with Gasteiger partial charge >= 0.3 is 0 Å². The van der Waals surface area contributed by atoms with Crippen molar-refractivity contribution in [3.8, 4) is 0 Å². The number of hydrogen-bond acceptors (Lipinski definition) is 2. The molecule has 0 spiro atoms. The summed E-state index contributed by atoms with van der Waals surface area (Å²) >= 11 is 3.46. The molecule has 1 rings (SSSR count). The Morgan fingerprint density at radius 3 is 2.56 bits per heavy atom. The minimum Gasteiger partial charge on any atom is -0.377 e. The number of ether oxygens (including phenoxy) is 1. The highest BCUT2D eigenvalue weighted by atomic mass is 79.9. The Kier molecular flexibility index (Phi) is 7.23. The summed E-state index contributed by atoms with van der Waals surface area (Å²) in [6, 6.07) is 0.369. The topological polar surface area (TPSA) is 29.5 Å². The quantitative estimate of drug-likeness (QED) is 0.674. The molecule has 1 heterocycles. The van der Waals surface area contributed by atoms with Gasteiger partial charge in [-0.3, -0.25) is 4.79 Å². The highest BCUT2D eigenvalue weighted by Crippen LogP contribution is 2.27. The Labute approximate surface area is 119 Å². The zero-order valence-corrected chi connectivity index (χ0v) is 13.4. The van der Waals surface area contributed by atoms with Gasteiger partial charge in [0.15, 0.2) is 0 Å². The van der Waals surface area contributed by atoms with Crippen molar-refractivity contribution >= 4 is 21.8 Å². The first kappa shape index (κ1) is 16.0. The minimum absolute atomic E-state index is 0.0784. The largest absolute Gasteiger partial charge is 0.377 e. The van der Waals surface area contributed by atoms with Crippen LogP contribution in [0, 0.1) is 5.92 Å². The molecule has 0 aromatic rings. The molecular weight excluding hydrogens is 294 g/mol. The van der Waals surface area contributed by atoms with E-state index in [0.717, 1.165) is 44.2 Å². The molecule has 0 bridgehead atoms. The van der Waals surface area contributed by atoms with E-state index >= 15 is 0 Å². The SMILES string of the molecule is CCC1OCCC1C(=O)N(CCBr)C(CC)CC. The minimum atomic E-state index is 0.0784. The molecule has 1 aliphatic rings. The molecule has 1 saturated heterocycles. The number of alkyl halides is 1. The van der Waals surface area contributed by atoms with Gasteiger partial charge in [0.2, 0.25) is 5.91 Å². The summed E-state index contributed by atoms with van der Waals surface area (Å²) in [7, 11) is 0. The van der Waals surface area contributed by atoms with Crippen molar-refractivity contribution in [3.05, 3.63) is 0 Å². The Hall–Kier alpha value is -0.0900. The van der Waals surface area contributed by atoms with Crippen molar-refractivity contribution < 1.29 is 9.53 Å². The van der Waals surface area contributed by atoms with Crippen LogP contribution in [0.15, 0.2) is 0 Å². The summed E-state index contributed by atoms with van der Waals surface area (Å²) in [6.45, 7) is 7.95. The van der Waals surface area contributed by atoms with E-state index in [1.54, 1.807) is 0 Å². The van der Waals surface area contributed by atoms with E-state index in [-0.39, 0.29) is 12.0 Å². The molecule has 1 aliphatic heterocycles. The predicted molar refractivity (Wildman–Crippen MR) is 78.0 cm³/mol. The normalized spacial score (nSPS) is 23.6. The van der Waals surface area contributed by atoms with E-state index in [2.05, 4.69) is 41.6 Å². The first-order chi connectivity index (χ1) is 8.69. The van der Waals surface area contributed by atoms with E-state index in [1.165, 1.54) is 0 Å². The Morgan fingerprint density at radius 1 is 1.39 bits per heavy atom. The molecule has 0 aromatic carbocycles. The average Bonchev–Trinajstić information content (AvgIpc) is 2.86. The second-order valence-electron chi connectivity index (χ2n) is 4.90. The van der Waals surface area contributed by atoms with Crippen LogP contribution in [0.3, 0.4) is 0 Å². The molecule has 2 unspecified atom stereocenters. The van der Waals surface area contributed by atoms with Gasteiger partial charge in [-0.1, -0.05) is 36.7 Å². The Balaban J connectivity index is 2.74. The maximum atomic E-state index is 12.7. The Morgan fingerprint density at radius 2 is 2.06 bits per heavy atom. The zero-order valence-electron chi connectivity index (χ0n) is 11.8. The second-order valence-corrected chi connectivity index (χ2v) is 5.70. The van der Waals surface area contributed by atoms with Crippen LogP contribution in [-0.4, -0.2) is 41.4 Å². The molecule has 18 heavy (non-hydrogen) atoms. The van der Waals surface area contributed by atoms with Crippen LogP contribution in [0.2, 0.25) is 0 Å².